The van der Waals surface area contributed by atoms with E-state index in [1.54, 1.807) is 11.3 Å². The number of thiophene rings is 1. The molecule has 0 aliphatic carbocycles. The highest BCUT2D eigenvalue weighted by Gasteiger charge is 2.08. The van der Waals surface area contributed by atoms with Gasteiger partial charge in [-0.1, -0.05) is 17.7 Å². The summed E-state index contributed by atoms with van der Waals surface area (Å²) in [7, 11) is 0. The Kier molecular flexibility index (Phi) is 4.05. The lowest BCUT2D eigenvalue weighted by Gasteiger charge is -2.13. The van der Waals surface area contributed by atoms with Gasteiger partial charge in [0.05, 0.1) is 0 Å². The van der Waals surface area contributed by atoms with Crippen LogP contribution in [0.4, 0.5) is 5.69 Å². The molecule has 0 saturated heterocycles. The first kappa shape index (κ1) is 12.4. The molecular formula is C13H14ClNOS. The van der Waals surface area contributed by atoms with E-state index in [0.717, 1.165) is 21.2 Å². The maximum absolute atomic E-state index is 9.94. The number of aliphatic hydroxyl groups is 1. The van der Waals surface area contributed by atoms with Crippen LogP contribution in [0.25, 0.3) is 0 Å². The van der Waals surface area contributed by atoms with E-state index < -0.39 is 6.10 Å². The zero-order valence-corrected chi connectivity index (χ0v) is 11.1. The lowest BCUT2D eigenvalue weighted by Crippen LogP contribution is -2.11. The van der Waals surface area contributed by atoms with E-state index in [-0.39, 0.29) is 0 Å². The van der Waals surface area contributed by atoms with Crippen molar-refractivity contribution in [2.75, 3.05) is 11.9 Å². The molecule has 1 atom stereocenters. The molecule has 2 N–H and O–H groups in total. The summed E-state index contributed by atoms with van der Waals surface area (Å²) in [5, 5.41) is 15.9. The summed E-state index contributed by atoms with van der Waals surface area (Å²) in [5.41, 5.74) is 2.08. The first-order valence-corrected chi connectivity index (χ1v) is 6.64. The molecule has 1 aromatic heterocycles. The molecule has 0 saturated carbocycles. The Morgan fingerprint density at radius 1 is 1.41 bits per heavy atom. The summed E-state index contributed by atoms with van der Waals surface area (Å²) in [5.74, 6) is 0. The van der Waals surface area contributed by atoms with E-state index in [0.29, 0.717) is 6.54 Å². The maximum atomic E-state index is 9.94. The highest BCUT2D eigenvalue weighted by atomic mass is 35.5. The Labute approximate surface area is 110 Å². The fourth-order valence-corrected chi connectivity index (χ4v) is 2.55. The van der Waals surface area contributed by atoms with E-state index in [4.69, 9.17) is 11.6 Å². The molecule has 1 aromatic carbocycles. The van der Waals surface area contributed by atoms with Crippen molar-refractivity contribution in [1.82, 2.24) is 0 Å². The van der Waals surface area contributed by atoms with Crippen LogP contribution in [0.2, 0.25) is 5.02 Å². The Hall–Kier alpha value is -1.03. The molecule has 1 heterocycles. The number of rotatable bonds is 4. The van der Waals surface area contributed by atoms with Crippen LogP contribution in [0.1, 0.15) is 16.5 Å². The van der Waals surface area contributed by atoms with Crippen molar-refractivity contribution in [2.45, 2.75) is 13.0 Å². The van der Waals surface area contributed by atoms with Gasteiger partial charge in [0, 0.05) is 22.1 Å². The zero-order chi connectivity index (χ0) is 12.3. The first-order valence-electron chi connectivity index (χ1n) is 5.38. The van der Waals surface area contributed by atoms with Crippen LogP contribution in [-0.4, -0.2) is 11.7 Å². The number of anilines is 1. The standard InChI is InChI=1S/C13H14ClNOS/c1-9-7-10(14)4-5-11(9)15-8-12(16)13-3-2-6-17-13/h2-7,12,15-16H,8H2,1H3. The minimum atomic E-state index is -0.468. The number of aliphatic hydroxyl groups excluding tert-OH is 1. The van der Waals surface area contributed by atoms with E-state index in [1.807, 2.05) is 42.6 Å². The summed E-state index contributed by atoms with van der Waals surface area (Å²) in [4.78, 5) is 0.976. The molecule has 90 valence electrons. The largest absolute Gasteiger partial charge is 0.386 e. The van der Waals surface area contributed by atoms with Crippen molar-refractivity contribution in [3.63, 3.8) is 0 Å². The van der Waals surface area contributed by atoms with Crippen LogP contribution in [0.3, 0.4) is 0 Å². The second kappa shape index (κ2) is 5.54. The average Bonchev–Trinajstić information content (AvgIpc) is 2.81. The molecule has 2 nitrogen and oxygen atoms in total. The fraction of sp³-hybridized carbons (Fsp3) is 0.231. The van der Waals surface area contributed by atoms with Crippen molar-refractivity contribution < 1.29 is 5.11 Å². The zero-order valence-electron chi connectivity index (χ0n) is 9.48. The smallest absolute Gasteiger partial charge is 0.105 e. The predicted molar refractivity (Wildman–Crippen MR) is 74.0 cm³/mol. The molecule has 2 aromatic rings. The number of aryl methyl sites for hydroxylation is 1. The van der Waals surface area contributed by atoms with Gasteiger partial charge in [-0.15, -0.1) is 11.3 Å². The van der Waals surface area contributed by atoms with Crippen molar-refractivity contribution in [3.05, 3.63) is 51.2 Å². The lowest BCUT2D eigenvalue weighted by molar-refractivity contribution is 0.195. The van der Waals surface area contributed by atoms with Crippen molar-refractivity contribution in [2.24, 2.45) is 0 Å². The third-order valence-electron chi connectivity index (χ3n) is 2.55. The third kappa shape index (κ3) is 3.22. The molecule has 2 rings (SSSR count). The quantitative estimate of drug-likeness (QED) is 0.882. The monoisotopic (exact) mass is 267 g/mol. The van der Waals surface area contributed by atoms with Gasteiger partial charge in [-0.2, -0.15) is 0 Å². The number of hydrogen-bond donors (Lipinski definition) is 2. The van der Waals surface area contributed by atoms with Gasteiger partial charge < -0.3 is 10.4 Å². The van der Waals surface area contributed by atoms with Crippen LogP contribution >= 0.6 is 22.9 Å². The Morgan fingerprint density at radius 3 is 2.88 bits per heavy atom. The van der Waals surface area contributed by atoms with Gasteiger partial charge in [0.25, 0.3) is 0 Å². The van der Waals surface area contributed by atoms with E-state index in [1.165, 1.54) is 0 Å². The summed E-state index contributed by atoms with van der Waals surface area (Å²) in [6.45, 7) is 2.49. The van der Waals surface area contributed by atoms with E-state index in [2.05, 4.69) is 5.32 Å². The molecule has 17 heavy (non-hydrogen) atoms. The minimum absolute atomic E-state index is 0.468. The van der Waals surface area contributed by atoms with Gasteiger partial charge in [0.1, 0.15) is 6.10 Å². The highest BCUT2D eigenvalue weighted by molar-refractivity contribution is 7.10. The first-order chi connectivity index (χ1) is 8.16. The highest BCUT2D eigenvalue weighted by Crippen LogP contribution is 2.22. The number of benzene rings is 1. The van der Waals surface area contributed by atoms with Crippen LogP contribution in [0, 0.1) is 6.92 Å². The van der Waals surface area contributed by atoms with Crippen LogP contribution < -0.4 is 5.32 Å². The number of nitrogens with one attached hydrogen (secondary N) is 1. The van der Waals surface area contributed by atoms with Gasteiger partial charge in [-0.05, 0) is 42.1 Å². The average molecular weight is 268 g/mol. The molecule has 0 fully saturated rings. The molecular weight excluding hydrogens is 254 g/mol. The Bertz CT molecular complexity index is 484. The third-order valence-corrected chi connectivity index (χ3v) is 3.75. The topological polar surface area (TPSA) is 32.3 Å². The van der Waals surface area contributed by atoms with Crippen molar-refractivity contribution in [1.29, 1.82) is 0 Å². The summed E-state index contributed by atoms with van der Waals surface area (Å²) < 4.78 is 0. The number of halogens is 1. The van der Waals surface area contributed by atoms with Gasteiger partial charge >= 0.3 is 0 Å². The van der Waals surface area contributed by atoms with Gasteiger partial charge in [-0.25, -0.2) is 0 Å². The maximum Gasteiger partial charge on any atom is 0.105 e. The summed E-state index contributed by atoms with van der Waals surface area (Å²) in [6, 6.07) is 9.55. The fourth-order valence-electron chi connectivity index (χ4n) is 1.61. The molecule has 1 unspecified atom stereocenters. The molecule has 0 spiro atoms. The minimum Gasteiger partial charge on any atom is -0.386 e. The van der Waals surface area contributed by atoms with Crippen LogP contribution in [-0.2, 0) is 0 Å². The molecule has 0 bridgehead atoms. The summed E-state index contributed by atoms with van der Waals surface area (Å²) in [6.07, 6.45) is -0.468. The lowest BCUT2D eigenvalue weighted by atomic mass is 10.2. The van der Waals surface area contributed by atoms with Crippen LogP contribution in [0.15, 0.2) is 35.7 Å². The number of hydrogen-bond acceptors (Lipinski definition) is 3. The predicted octanol–water partition coefficient (Wildman–Crippen LogP) is 3.86. The second-order valence-corrected chi connectivity index (χ2v) is 5.29. The van der Waals surface area contributed by atoms with Gasteiger partial charge in [0.15, 0.2) is 0 Å². The molecule has 0 amide bonds. The van der Waals surface area contributed by atoms with Gasteiger partial charge in [0.2, 0.25) is 0 Å². The normalized spacial score (nSPS) is 12.4. The van der Waals surface area contributed by atoms with Crippen molar-refractivity contribution in [3.8, 4) is 0 Å². The van der Waals surface area contributed by atoms with Crippen LogP contribution in [0.5, 0.6) is 0 Å². The molecule has 4 heteroatoms. The SMILES string of the molecule is Cc1cc(Cl)ccc1NCC(O)c1cccs1. The van der Waals surface area contributed by atoms with E-state index >= 15 is 0 Å². The Morgan fingerprint density at radius 2 is 2.24 bits per heavy atom. The molecule has 0 aliphatic rings. The summed E-state index contributed by atoms with van der Waals surface area (Å²) >= 11 is 7.45. The molecule has 0 radical (unpaired) electrons. The van der Waals surface area contributed by atoms with E-state index in [9.17, 15) is 5.11 Å². The second-order valence-electron chi connectivity index (χ2n) is 3.87. The molecule has 0 aliphatic heterocycles. The Balaban J connectivity index is 1.98. The van der Waals surface area contributed by atoms with Gasteiger partial charge in [-0.3, -0.25) is 0 Å². The van der Waals surface area contributed by atoms with Crippen molar-refractivity contribution >= 4 is 28.6 Å².